The molecule has 0 unspecified atom stereocenters. The molecular formula is C15H6F6N2O2S. The quantitative estimate of drug-likeness (QED) is 0.453. The number of halogens is 6. The SMILES string of the molecule is O=C(c1ccc(-c2nc(-c3cccc(C(F)(F)F)c3)no2)s1)C(F)(F)F. The number of alkyl halides is 6. The number of aromatic nitrogens is 2. The van der Waals surface area contributed by atoms with Gasteiger partial charge in [0.1, 0.15) is 0 Å². The van der Waals surface area contributed by atoms with Crippen molar-refractivity contribution < 1.29 is 35.7 Å². The molecule has 3 aromatic rings. The number of ketones is 1. The van der Waals surface area contributed by atoms with Gasteiger partial charge in [0.2, 0.25) is 5.82 Å². The lowest BCUT2D eigenvalue weighted by Crippen LogP contribution is -2.21. The van der Waals surface area contributed by atoms with Gasteiger partial charge in [-0.3, -0.25) is 4.79 Å². The summed E-state index contributed by atoms with van der Waals surface area (Å²) in [6, 6.07) is 6.34. The average molecular weight is 392 g/mol. The molecule has 0 bridgehead atoms. The Morgan fingerprint density at radius 1 is 1.04 bits per heavy atom. The van der Waals surface area contributed by atoms with Crippen molar-refractivity contribution in [3.05, 3.63) is 46.8 Å². The first-order valence-corrected chi connectivity index (χ1v) is 7.60. The lowest BCUT2D eigenvalue weighted by atomic mass is 10.1. The molecule has 0 saturated heterocycles. The fourth-order valence-electron chi connectivity index (χ4n) is 1.99. The zero-order chi connectivity index (χ0) is 19.1. The molecular weight excluding hydrogens is 386 g/mol. The summed E-state index contributed by atoms with van der Waals surface area (Å²) in [4.78, 5) is 14.6. The zero-order valence-corrected chi connectivity index (χ0v) is 13.2. The van der Waals surface area contributed by atoms with E-state index in [1.807, 2.05) is 0 Å². The average Bonchev–Trinajstić information content (AvgIpc) is 3.22. The van der Waals surface area contributed by atoms with Crippen LogP contribution in [0.1, 0.15) is 15.2 Å². The zero-order valence-electron chi connectivity index (χ0n) is 12.4. The third-order valence-electron chi connectivity index (χ3n) is 3.17. The van der Waals surface area contributed by atoms with Crippen LogP contribution < -0.4 is 0 Å². The molecule has 0 saturated carbocycles. The van der Waals surface area contributed by atoms with Gasteiger partial charge in [0.05, 0.1) is 15.3 Å². The molecule has 0 aliphatic carbocycles. The van der Waals surface area contributed by atoms with E-state index >= 15 is 0 Å². The first-order valence-electron chi connectivity index (χ1n) is 6.79. The number of rotatable bonds is 3. The van der Waals surface area contributed by atoms with Gasteiger partial charge in [0, 0.05) is 5.56 Å². The molecule has 2 aromatic heterocycles. The maximum atomic E-state index is 12.7. The fourth-order valence-corrected chi connectivity index (χ4v) is 2.88. The van der Waals surface area contributed by atoms with Crippen molar-refractivity contribution >= 4 is 17.1 Å². The second kappa shape index (κ2) is 6.24. The predicted molar refractivity (Wildman–Crippen MR) is 78.4 cm³/mol. The molecule has 0 spiro atoms. The molecule has 0 aliphatic rings. The van der Waals surface area contributed by atoms with Crippen LogP contribution in [0.5, 0.6) is 0 Å². The maximum absolute atomic E-state index is 12.7. The van der Waals surface area contributed by atoms with Crippen molar-refractivity contribution in [1.29, 1.82) is 0 Å². The maximum Gasteiger partial charge on any atom is 0.455 e. The van der Waals surface area contributed by atoms with Crippen molar-refractivity contribution in [2.24, 2.45) is 0 Å². The third-order valence-corrected chi connectivity index (χ3v) is 4.24. The Bertz CT molecular complexity index is 957. The highest BCUT2D eigenvalue weighted by molar-refractivity contribution is 7.17. The molecule has 136 valence electrons. The molecule has 1 aromatic carbocycles. The summed E-state index contributed by atoms with van der Waals surface area (Å²) < 4.78 is 80.4. The second-order valence-corrected chi connectivity index (χ2v) is 6.08. The topological polar surface area (TPSA) is 56.0 Å². The van der Waals surface area contributed by atoms with Crippen molar-refractivity contribution in [1.82, 2.24) is 10.1 Å². The highest BCUT2D eigenvalue weighted by atomic mass is 32.1. The molecule has 0 amide bonds. The van der Waals surface area contributed by atoms with E-state index in [1.54, 1.807) is 0 Å². The molecule has 11 heteroatoms. The van der Waals surface area contributed by atoms with Gasteiger partial charge < -0.3 is 4.52 Å². The van der Waals surface area contributed by atoms with E-state index in [-0.39, 0.29) is 22.2 Å². The van der Waals surface area contributed by atoms with Crippen molar-refractivity contribution in [3.63, 3.8) is 0 Å². The first-order chi connectivity index (χ1) is 12.1. The van der Waals surface area contributed by atoms with E-state index in [9.17, 15) is 31.1 Å². The Balaban J connectivity index is 1.90. The first kappa shape index (κ1) is 18.1. The second-order valence-electron chi connectivity index (χ2n) is 4.99. The summed E-state index contributed by atoms with van der Waals surface area (Å²) >= 11 is 0.491. The van der Waals surface area contributed by atoms with Crippen LogP contribution in [0, 0.1) is 0 Å². The number of carbonyl (C=O) groups is 1. The Kier molecular flexibility index (Phi) is 4.34. The van der Waals surface area contributed by atoms with Crippen LogP contribution in [-0.2, 0) is 6.18 Å². The summed E-state index contributed by atoms with van der Waals surface area (Å²) in [5.41, 5.74) is -0.881. The van der Waals surface area contributed by atoms with Gasteiger partial charge in [0.25, 0.3) is 11.7 Å². The lowest BCUT2D eigenvalue weighted by Gasteiger charge is -2.06. The van der Waals surface area contributed by atoms with Gasteiger partial charge in [-0.1, -0.05) is 17.3 Å². The van der Waals surface area contributed by atoms with E-state index in [0.29, 0.717) is 11.3 Å². The molecule has 2 heterocycles. The Morgan fingerprint density at radius 3 is 2.42 bits per heavy atom. The minimum absolute atomic E-state index is 0.0259. The predicted octanol–water partition coefficient (Wildman–Crippen LogP) is 5.23. The van der Waals surface area contributed by atoms with E-state index in [1.165, 1.54) is 18.2 Å². The molecule has 3 rings (SSSR count). The van der Waals surface area contributed by atoms with Gasteiger partial charge in [-0.05, 0) is 24.3 Å². The summed E-state index contributed by atoms with van der Waals surface area (Å²) in [6.45, 7) is 0. The number of nitrogens with zero attached hydrogens (tertiary/aromatic N) is 2. The Labute approximate surface area is 145 Å². The number of benzene rings is 1. The van der Waals surface area contributed by atoms with Crippen LogP contribution in [0.4, 0.5) is 26.3 Å². The van der Waals surface area contributed by atoms with Gasteiger partial charge in [-0.15, -0.1) is 11.3 Å². The molecule has 4 nitrogen and oxygen atoms in total. The summed E-state index contributed by atoms with van der Waals surface area (Å²) in [6.07, 6.45) is -9.57. The molecule has 0 radical (unpaired) electrons. The van der Waals surface area contributed by atoms with Gasteiger partial charge in [-0.25, -0.2) is 0 Å². The molecule has 0 atom stereocenters. The highest BCUT2D eigenvalue weighted by Crippen LogP contribution is 2.34. The van der Waals surface area contributed by atoms with E-state index in [0.717, 1.165) is 18.2 Å². The van der Waals surface area contributed by atoms with Crippen LogP contribution in [0.15, 0.2) is 40.9 Å². The number of hydrogen-bond donors (Lipinski definition) is 0. The van der Waals surface area contributed by atoms with E-state index in [4.69, 9.17) is 4.52 Å². The fraction of sp³-hybridized carbons (Fsp3) is 0.133. The van der Waals surface area contributed by atoms with Crippen molar-refractivity contribution in [2.45, 2.75) is 12.4 Å². The summed E-state index contributed by atoms with van der Waals surface area (Å²) in [5.74, 6) is -2.38. The van der Waals surface area contributed by atoms with Gasteiger partial charge >= 0.3 is 12.4 Å². The summed E-state index contributed by atoms with van der Waals surface area (Å²) in [7, 11) is 0. The van der Waals surface area contributed by atoms with E-state index < -0.39 is 28.6 Å². The molecule has 0 N–H and O–H groups in total. The van der Waals surface area contributed by atoms with Gasteiger partial charge in [-0.2, -0.15) is 31.3 Å². The van der Waals surface area contributed by atoms with Gasteiger partial charge in [0.15, 0.2) is 0 Å². The Hall–Kier alpha value is -2.69. The van der Waals surface area contributed by atoms with Crippen molar-refractivity contribution in [3.8, 4) is 22.2 Å². The highest BCUT2D eigenvalue weighted by Gasteiger charge is 2.40. The normalized spacial score (nSPS) is 12.4. The summed E-state index contributed by atoms with van der Waals surface area (Å²) in [5, 5.41) is 3.53. The number of carbonyl (C=O) groups excluding carboxylic acids is 1. The standard InChI is InChI=1S/C15H6F6N2O2S/c16-14(17,18)8-3-1-2-7(6-8)12-22-13(25-23-12)10-5-4-9(26-10)11(24)15(19,20)21/h1-6H. The lowest BCUT2D eigenvalue weighted by molar-refractivity contribution is -0.137. The minimum atomic E-state index is -5.01. The number of thiophene rings is 1. The van der Waals surface area contributed by atoms with Crippen molar-refractivity contribution in [2.75, 3.05) is 0 Å². The Morgan fingerprint density at radius 2 is 1.77 bits per heavy atom. The molecule has 0 aliphatic heterocycles. The largest absolute Gasteiger partial charge is 0.455 e. The molecule has 26 heavy (non-hydrogen) atoms. The molecule has 0 fully saturated rings. The van der Waals surface area contributed by atoms with Crippen LogP contribution in [0.25, 0.3) is 22.2 Å². The smallest absolute Gasteiger partial charge is 0.333 e. The van der Waals surface area contributed by atoms with Crippen LogP contribution in [-0.4, -0.2) is 22.1 Å². The van der Waals surface area contributed by atoms with E-state index in [2.05, 4.69) is 10.1 Å². The monoisotopic (exact) mass is 392 g/mol. The van der Waals surface area contributed by atoms with Crippen LogP contribution >= 0.6 is 11.3 Å². The van der Waals surface area contributed by atoms with Crippen LogP contribution in [0.3, 0.4) is 0 Å². The minimum Gasteiger partial charge on any atom is -0.333 e. The number of Topliss-reactive ketones (excluding diaryl/α,β-unsaturated/α-hetero) is 1. The number of hydrogen-bond acceptors (Lipinski definition) is 5. The third kappa shape index (κ3) is 3.62. The van der Waals surface area contributed by atoms with Crippen LogP contribution in [0.2, 0.25) is 0 Å².